The molecule has 1 atom stereocenters. The second kappa shape index (κ2) is 7.19. The fourth-order valence-electron chi connectivity index (χ4n) is 1.10. The number of nitriles is 1. The number of sulfonamides is 1. The van der Waals surface area contributed by atoms with Crippen LogP contribution in [0.1, 0.15) is 32.6 Å². The Kier molecular flexibility index (Phi) is 6.69. The zero-order chi connectivity index (χ0) is 12.6. The Morgan fingerprint density at radius 1 is 1.50 bits per heavy atom. The largest absolute Gasteiger partial charge is 0.481 e. The highest BCUT2D eigenvalue weighted by Crippen LogP contribution is 2.03. The third-order valence-electron chi connectivity index (χ3n) is 2.01. The van der Waals surface area contributed by atoms with Crippen molar-refractivity contribution >= 4 is 16.0 Å². The zero-order valence-electron chi connectivity index (χ0n) is 9.14. The predicted octanol–water partition coefficient (Wildman–Crippen LogP) is 0.463. The van der Waals surface area contributed by atoms with Crippen LogP contribution in [-0.4, -0.2) is 31.3 Å². The van der Waals surface area contributed by atoms with Crippen LogP contribution in [0.25, 0.3) is 0 Å². The second-order valence-electron chi connectivity index (χ2n) is 3.32. The van der Waals surface area contributed by atoms with Gasteiger partial charge >= 0.3 is 5.97 Å². The molecule has 0 saturated carbocycles. The molecule has 0 aromatic carbocycles. The first-order valence-electron chi connectivity index (χ1n) is 5.04. The maximum Gasteiger partial charge on any atom is 0.303 e. The Labute approximate surface area is 95.3 Å². The van der Waals surface area contributed by atoms with E-state index in [1.54, 1.807) is 13.0 Å². The molecular weight excluding hydrogens is 232 g/mol. The molecule has 0 aromatic rings. The van der Waals surface area contributed by atoms with Gasteiger partial charge in [-0.1, -0.05) is 6.92 Å². The topological polar surface area (TPSA) is 107 Å². The Morgan fingerprint density at radius 3 is 2.56 bits per heavy atom. The summed E-state index contributed by atoms with van der Waals surface area (Å²) in [5.41, 5.74) is 0. The Hall–Kier alpha value is -1.13. The molecule has 0 radical (unpaired) electrons. The van der Waals surface area contributed by atoms with Crippen LogP contribution in [0.5, 0.6) is 0 Å². The molecule has 0 heterocycles. The highest BCUT2D eigenvalue weighted by molar-refractivity contribution is 7.90. The molecule has 0 amide bonds. The predicted molar refractivity (Wildman–Crippen MR) is 58.1 cm³/mol. The van der Waals surface area contributed by atoms with Gasteiger partial charge in [-0.3, -0.25) is 4.79 Å². The summed E-state index contributed by atoms with van der Waals surface area (Å²) in [5.74, 6) is -0.897. The second-order valence-corrected chi connectivity index (χ2v) is 5.26. The number of unbranched alkanes of at least 4 members (excludes halogenated alkanes) is 1. The first-order chi connectivity index (χ1) is 7.44. The van der Waals surface area contributed by atoms with Crippen LogP contribution in [0.2, 0.25) is 0 Å². The minimum Gasteiger partial charge on any atom is -0.481 e. The van der Waals surface area contributed by atoms with E-state index < -0.39 is 21.2 Å². The van der Waals surface area contributed by atoms with Gasteiger partial charge in [0.15, 0.2) is 5.25 Å². The van der Waals surface area contributed by atoms with Crippen LogP contribution in [0.15, 0.2) is 0 Å². The van der Waals surface area contributed by atoms with Crippen LogP contribution in [-0.2, 0) is 14.8 Å². The lowest BCUT2D eigenvalue weighted by atomic mass is 10.2. The normalized spacial score (nSPS) is 13.0. The van der Waals surface area contributed by atoms with Gasteiger partial charge < -0.3 is 5.11 Å². The summed E-state index contributed by atoms with van der Waals surface area (Å²) in [6.45, 7) is 1.80. The van der Waals surface area contributed by atoms with Gasteiger partial charge in [-0.05, 0) is 19.3 Å². The molecule has 0 rings (SSSR count). The summed E-state index contributed by atoms with van der Waals surface area (Å²) < 4.78 is 25.2. The summed E-state index contributed by atoms with van der Waals surface area (Å²) in [6, 6.07) is 1.71. The molecule has 7 heteroatoms. The first kappa shape index (κ1) is 14.9. The van der Waals surface area contributed by atoms with E-state index in [9.17, 15) is 13.2 Å². The number of hydrogen-bond acceptors (Lipinski definition) is 4. The van der Waals surface area contributed by atoms with Gasteiger partial charge in [0.1, 0.15) is 0 Å². The standard InChI is InChI=1S/C9H16N2O4S/c1-2-8(7-10)16(14,15)11-6-4-3-5-9(12)13/h8,11H,2-6H2,1H3,(H,12,13). The van der Waals surface area contributed by atoms with Crippen LogP contribution in [0, 0.1) is 11.3 Å². The molecule has 0 aromatic heterocycles. The van der Waals surface area contributed by atoms with Crippen molar-refractivity contribution in [2.75, 3.05) is 6.54 Å². The van der Waals surface area contributed by atoms with E-state index in [0.717, 1.165) is 0 Å². The molecule has 0 aliphatic carbocycles. The molecule has 92 valence electrons. The van der Waals surface area contributed by atoms with Gasteiger partial charge in [0.05, 0.1) is 6.07 Å². The molecule has 1 unspecified atom stereocenters. The highest BCUT2D eigenvalue weighted by atomic mass is 32.2. The van der Waals surface area contributed by atoms with Crippen molar-refractivity contribution in [3.8, 4) is 6.07 Å². The van der Waals surface area contributed by atoms with Crippen LogP contribution in [0.3, 0.4) is 0 Å². The summed E-state index contributed by atoms with van der Waals surface area (Å²) in [7, 11) is -3.58. The minimum absolute atomic E-state index is 0.0250. The van der Waals surface area contributed by atoms with Crippen molar-refractivity contribution in [1.29, 1.82) is 5.26 Å². The van der Waals surface area contributed by atoms with Crippen molar-refractivity contribution in [2.45, 2.75) is 37.9 Å². The van der Waals surface area contributed by atoms with Crippen molar-refractivity contribution in [3.05, 3.63) is 0 Å². The number of carbonyl (C=O) groups is 1. The number of carboxylic acids is 1. The lowest BCUT2D eigenvalue weighted by molar-refractivity contribution is -0.137. The van der Waals surface area contributed by atoms with Crippen molar-refractivity contribution in [2.24, 2.45) is 0 Å². The highest BCUT2D eigenvalue weighted by Gasteiger charge is 2.22. The number of carboxylic acid groups (broad SMARTS) is 1. The molecule has 0 aliphatic heterocycles. The van der Waals surface area contributed by atoms with Crippen molar-refractivity contribution in [3.63, 3.8) is 0 Å². The molecule has 6 nitrogen and oxygen atoms in total. The van der Waals surface area contributed by atoms with Gasteiger partial charge in [-0.25, -0.2) is 13.1 Å². The third-order valence-corrected chi connectivity index (χ3v) is 3.80. The molecule has 0 bridgehead atoms. The van der Waals surface area contributed by atoms with E-state index >= 15 is 0 Å². The van der Waals surface area contributed by atoms with E-state index in [2.05, 4.69) is 4.72 Å². The Morgan fingerprint density at radius 2 is 2.12 bits per heavy atom. The summed E-state index contributed by atoms with van der Waals surface area (Å²) in [5, 5.41) is 15.9. The van der Waals surface area contributed by atoms with Crippen LogP contribution in [0.4, 0.5) is 0 Å². The quantitative estimate of drug-likeness (QED) is 0.607. The number of hydrogen-bond donors (Lipinski definition) is 2. The van der Waals surface area contributed by atoms with Gasteiger partial charge in [0.2, 0.25) is 10.0 Å². The summed E-state index contributed by atoms with van der Waals surface area (Å²) in [4.78, 5) is 10.2. The summed E-state index contributed by atoms with van der Waals surface area (Å²) >= 11 is 0. The first-order valence-corrected chi connectivity index (χ1v) is 6.58. The number of rotatable bonds is 8. The molecule has 0 fully saturated rings. The van der Waals surface area contributed by atoms with E-state index in [-0.39, 0.29) is 19.4 Å². The van der Waals surface area contributed by atoms with Gasteiger partial charge in [-0.2, -0.15) is 5.26 Å². The average molecular weight is 248 g/mol. The maximum atomic E-state index is 11.4. The molecule has 0 aliphatic rings. The third kappa shape index (κ3) is 5.68. The molecule has 2 N–H and O–H groups in total. The van der Waals surface area contributed by atoms with Crippen molar-refractivity contribution < 1.29 is 18.3 Å². The number of aliphatic carboxylic acids is 1. The minimum atomic E-state index is -3.58. The Balaban J connectivity index is 3.93. The molecule has 16 heavy (non-hydrogen) atoms. The van der Waals surface area contributed by atoms with Crippen molar-refractivity contribution in [1.82, 2.24) is 4.72 Å². The molecular formula is C9H16N2O4S. The maximum absolute atomic E-state index is 11.4. The monoisotopic (exact) mass is 248 g/mol. The van der Waals surface area contributed by atoms with E-state index in [0.29, 0.717) is 12.8 Å². The van der Waals surface area contributed by atoms with Crippen LogP contribution >= 0.6 is 0 Å². The number of nitrogens with zero attached hydrogens (tertiary/aromatic N) is 1. The smallest absolute Gasteiger partial charge is 0.303 e. The van der Waals surface area contributed by atoms with E-state index in [1.165, 1.54) is 0 Å². The fraction of sp³-hybridized carbons (Fsp3) is 0.778. The van der Waals surface area contributed by atoms with Gasteiger partial charge in [0, 0.05) is 13.0 Å². The summed E-state index contributed by atoms with van der Waals surface area (Å²) in [6.07, 6.45) is 1.13. The lowest BCUT2D eigenvalue weighted by Gasteiger charge is -2.09. The SMILES string of the molecule is CCC(C#N)S(=O)(=O)NCCCCC(=O)O. The number of nitrogens with one attached hydrogen (secondary N) is 1. The average Bonchev–Trinajstić information content (AvgIpc) is 2.17. The fourth-order valence-corrected chi connectivity index (χ4v) is 2.30. The Bertz CT molecular complexity index is 358. The molecule has 0 saturated heterocycles. The van der Waals surface area contributed by atoms with E-state index in [1.807, 2.05) is 0 Å². The van der Waals surface area contributed by atoms with Crippen LogP contribution < -0.4 is 4.72 Å². The molecule has 0 spiro atoms. The van der Waals surface area contributed by atoms with Gasteiger partial charge in [0.25, 0.3) is 0 Å². The van der Waals surface area contributed by atoms with Gasteiger partial charge in [-0.15, -0.1) is 0 Å². The van der Waals surface area contributed by atoms with E-state index in [4.69, 9.17) is 10.4 Å². The lowest BCUT2D eigenvalue weighted by Crippen LogP contribution is -2.33. The zero-order valence-corrected chi connectivity index (χ0v) is 9.96.